The predicted octanol–water partition coefficient (Wildman–Crippen LogP) is 2.41. The van der Waals surface area contributed by atoms with Gasteiger partial charge in [0.05, 0.1) is 6.61 Å². The minimum absolute atomic E-state index is 0.699. The lowest BCUT2D eigenvalue weighted by atomic mass is 10.1. The van der Waals surface area contributed by atoms with Crippen LogP contribution in [-0.2, 0) is 17.9 Å². The molecule has 2 rings (SSSR count). The molecule has 1 heterocycles. The summed E-state index contributed by atoms with van der Waals surface area (Å²) in [7, 11) is 3.99. The fraction of sp³-hybridized carbons (Fsp3) is 0.625. The molecule has 1 N–H and O–H groups in total. The van der Waals surface area contributed by atoms with E-state index in [0.29, 0.717) is 12.6 Å². The van der Waals surface area contributed by atoms with Gasteiger partial charge in [-0.25, -0.2) is 0 Å². The van der Waals surface area contributed by atoms with E-state index < -0.39 is 0 Å². The average molecular weight is 262 g/mol. The van der Waals surface area contributed by atoms with Crippen molar-refractivity contribution < 1.29 is 4.74 Å². The second kappa shape index (κ2) is 7.63. The van der Waals surface area contributed by atoms with Gasteiger partial charge in [0.2, 0.25) is 0 Å². The molecule has 3 heteroatoms. The summed E-state index contributed by atoms with van der Waals surface area (Å²) < 4.78 is 5.14. The number of methoxy groups -OCH3 is 1. The molecule has 1 saturated heterocycles. The maximum Gasteiger partial charge on any atom is 0.0713 e. The Kier molecular flexibility index (Phi) is 5.83. The monoisotopic (exact) mass is 262 g/mol. The smallest absolute Gasteiger partial charge is 0.0713 e. The van der Waals surface area contributed by atoms with Crippen molar-refractivity contribution in [3.05, 3.63) is 35.4 Å². The standard InChI is InChI=1S/C16H26N2O/c1-18(16-4-3-10-17-11-9-16)12-14-5-7-15(8-6-14)13-19-2/h5-8,16-17H,3-4,9-13H2,1-2H3. The molecule has 0 spiro atoms. The maximum absolute atomic E-state index is 5.14. The molecule has 1 atom stereocenters. The van der Waals surface area contributed by atoms with Crippen LogP contribution in [0, 0.1) is 0 Å². The largest absolute Gasteiger partial charge is 0.380 e. The molecule has 1 aromatic rings. The van der Waals surface area contributed by atoms with E-state index in [1.54, 1.807) is 7.11 Å². The van der Waals surface area contributed by atoms with Crippen LogP contribution in [-0.4, -0.2) is 38.2 Å². The van der Waals surface area contributed by atoms with Crippen LogP contribution in [0.3, 0.4) is 0 Å². The van der Waals surface area contributed by atoms with Gasteiger partial charge in [0.15, 0.2) is 0 Å². The van der Waals surface area contributed by atoms with Crippen LogP contribution < -0.4 is 5.32 Å². The van der Waals surface area contributed by atoms with Gasteiger partial charge in [-0.1, -0.05) is 24.3 Å². The molecule has 19 heavy (non-hydrogen) atoms. The lowest BCUT2D eigenvalue weighted by Crippen LogP contribution is -2.31. The van der Waals surface area contributed by atoms with Gasteiger partial charge in [-0.05, 0) is 50.5 Å². The van der Waals surface area contributed by atoms with Crippen molar-refractivity contribution in [3.63, 3.8) is 0 Å². The third-order valence-electron chi connectivity index (χ3n) is 3.93. The molecule has 0 amide bonds. The van der Waals surface area contributed by atoms with Crippen LogP contribution in [0.2, 0.25) is 0 Å². The summed E-state index contributed by atoms with van der Waals surface area (Å²) >= 11 is 0. The summed E-state index contributed by atoms with van der Waals surface area (Å²) in [6, 6.07) is 9.50. The summed E-state index contributed by atoms with van der Waals surface area (Å²) in [6.07, 6.45) is 3.87. The number of nitrogens with one attached hydrogen (secondary N) is 1. The van der Waals surface area contributed by atoms with Gasteiger partial charge in [-0.2, -0.15) is 0 Å². The normalized spacial score (nSPS) is 20.5. The molecule has 1 fully saturated rings. The zero-order valence-electron chi connectivity index (χ0n) is 12.2. The zero-order valence-corrected chi connectivity index (χ0v) is 12.2. The molecule has 0 bridgehead atoms. The van der Waals surface area contributed by atoms with E-state index in [2.05, 4.69) is 41.5 Å². The summed E-state index contributed by atoms with van der Waals surface area (Å²) in [5.74, 6) is 0. The van der Waals surface area contributed by atoms with Crippen molar-refractivity contribution in [1.82, 2.24) is 10.2 Å². The second-order valence-electron chi connectivity index (χ2n) is 5.50. The van der Waals surface area contributed by atoms with Crippen molar-refractivity contribution in [2.45, 2.75) is 38.5 Å². The molecular formula is C16H26N2O. The Labute approximate surface area is 116 Å². The van der Waals surface area contributed by atoms with Crippen LogP contribution in [0.5, 0.6) is 0 Å². The van der Waals surface area contributed by atoms with E-state index in [1.807, 2.05) is 0 Å². The Balaban J connectivity index is 1.88. The first-order valence-corrected chi connectivity index (χ1v) is 7.27. The molecular weight excluding hydrogens is 236 g/mol. The number of ether oxygens (including phenoxy) is 1. The summed E-state index contributed by atoms with van der Waals surface area (Å²) in [5, 5.41) is 3.48. The van der Waals surface area contributed by atoms with Gasteiger partial charge in [0.1, 0.15) is 0 Å². The quantitative estimate of drug-likeness (QED) is 0.882. The summed E-state index contributed by atoms with van der Waals surface area (Å²) in [5.41, 5.74) is 2.63. The van der Waals surface area contributed by atoms with E-state index >= 15 is 0 Å². The van der Waals surface area contributed by atoms with Crippen molar-refractivity contribution >= 4 is 0 Å². The van der Waals surface area contributed by atoms with Crippen molar-refractivity contribution in [1.29, 1.82) is 0 Å². The van der Waals surface area contributed by atoms with Gasteiger partial charge >= 0.3 is 0 Å². The molecule has 1 aliphatic rings. The van der Waals surface area contributed by atoms with Gasteiger partial charge in [-0.3, -0.25) is 4.90 Å². The van der Waals surface area contributed by atoms with E-state index in [-0.39, 0.29) is 0 Å². The molecule has 1 unspecified atom stereocenters. The van der Waals surface area contributed by atoms with Gasteiger partial charge in [0, 0.05) is 19.7 Å². The highest BCUT2D eigenvalue weighted by molar-refractivity contribution is 5.22. The summed E-state index contributed by atoms with van der Waals surface area (Å²) in [6.45, 7) is 4.07. The highest BCUT2D eigenvalue weighted by Crippen LogP contribution is 2.15. The van der Waals surface area contributed by atoms with Crippen LogP contribution in [0.1, 0.15) is 30.4 Å². The van der Waals surface area contributed by atoms with Gasteiger partial charge in [0.25, 0.3) is 0 Å². The Bertz CT molecular complexity index is 356. The lowest BCUT2D eigenvalue weighted by molar-refractivity contribution is 0.185. The Morgan fingerprint density at radius 2 is 1.89 bits per heavy atom. The first-order chi connectivity index (χ1) is 9.29. The minimum Gasteiger partial charge on any atom is -0.380 e. The number of nitrogens with zero attached hydrogens (tertiary/aromatic N) is 1. The number of hydrogen-bond acceptors (Lipinski definition) is 3. The summed E-state index contributed by atoms with van der Waals surface area (Å²) in [4.78, 5) is 2.50. The zero-order chi connectivity index (χ0) is 13.5. The topological polar surface area (TPSA) is 24.5 Å². The highest BCUT2D eigenvalue weighted by atomic mass is 16.5. The van der Waals surface area contributed by atoms with Crippen LogP contribution in [0.4, 0.5) is 0 Å². The van der Waals surface area contributed by atoms with Crippen molar-refractivity contribution in [3.8, 4) is 0 Å². The van der Waals surface area contributed by atoms with E-state index in [4.69, 9.17) is 4.74 Å². The molecule has 0 saturated carbocycles. The van der Waals surface area contributed by atoms with Crippen molar-refractivity contribution in [2.75, 3.05) is 27.2 Å². The molecule has 0 aromatic heterocycles. The molecule has 106 valence electrons. The number of rotatable bonds is 5. The Morgan fingerprint density at radius 3 is 2.63 bits per heavy atom. The van der Waals surface area contributed by atoms with Crippen LogP contribution in [0.15, 0.2) is 24.3 Å². The first-order valence-electron chi connectivity index (χ1n) is 7.27. The second-order valence-corrected chi connectivity index (χ2v) is 5.50. The molecule has 1 aliphatic heterocycles. The van der Waals surface area contributed by atoms with Crippen LogP contribution >= 0.6 is 0 Å². The van der Waals surface area contributed by atoms with Gasteiger partial charge < -0.3 is 10.1 Å². The molecule has 3 nitrogen and oxygen atoms in total. The molecule has 1 aromatic carbocycles. The molecule has 0 radical (unpaired) electrons. The number of hydrogen-bond donors (Lipinski definition) is 1. The fourth-order valence-electron chi connectivity index (χ4n) is 2.77. The maximum atomic E-state index is 5.14. The number of benzene rings is 1. The third-order valence-corrected chi connectivity index (χ3v) is 3.93. The molecule has 0 aliphatic carbocycles. The average Bonchev–Trinajstić information content (AvgIpc) is 2.70. The SMILES string of the molecule is COCc1ccc(CN(C)C2CCCNCC2)cc1. The third kappa shape index (κ3) is 4.60. The highest BCUT2D eigenvalue weighted by Gasteiger charge is 2.16. The van der Waals surface area contributed by atoms with E-state index in [0.717, 1.165) is 13.1 Å². The van der Waals surface area contributed by atoms with Gasteiger partial charge in [-0.15, -0.1) is 0 Å². The van der Waals surface area contributed by atoms with Crippen LogP contribution in [0.25, 0.3) is 0 Å². The first kappa shape index (κ1) is 14.5. The van der Waals surface area contributed by atoms with E-state index in [1.165, 1.54) is 36.9 Å². The lowest BCUT2D eigenvalue weighted by Gasteiger charge is -2.26. The Hall–Kier alpha value is -0.900. The minimum atomic E-state index is 0.699. The van der Waals surface area contributed by atoms with Crippen molar-refractivity contribution in [2.24, 2.45) is 0 Å². The predicted molar refractivity (Wildman–Crippen MR) is 79.1 cm³/mol. The fourth-order valence-corrected chi connectivity index (χ4v) is 2.77. The Morgan fingerprint density at radius 1 is 1.16 bits per heavy atom. The van der Waals surface area contributed by atoms with E-state index in [9.17, 15) is 0 Å².